The van der Waals surface area contributed by atoms with Gasteiger partial charge in [-0.1, -0.05) is 60.7 Å². The zero-order valence-corrected chi connectivity index (χ0v) is 21.1. The molecule has 0 aliphatic carbocycles. The van der Waals surface area contributed by atoms with E-state index in [0.717, 1.165) is 36.0 Å². The van der Waals surface area contributed by atoms with Crippen molar-refractivity contribution in [2.24, 2.45) is 0 Å². The summed E-state index contributed by atoms with van der Waals surface area (Å²) in [4.78, 5) is 27.3. The molecule has 4 aromatic rings. The molecule has 0 bridgehead atoms. The summed E-state index contributed by atoms with van der Waals surface area (Å²) in [7, 11) is 1.95. The number of benzene rings is 2. The van der Waals surface area contributed by atoms with Gasteiger partial charge >= 0.3 is 0 Å². The second kappa shape index (κ2) is 11.0. The summed E-state index contributed by atoms with van der Waals surface area (Å²) in [5.74, 6) is 0.424. The van der Waals surface area contributed by atoms with Gasteiger partial charge in [-0.3, -0.25) is 4.79 Å². The van der Waals surface area contributed by atoms with E-state index in [4.69, 9.17) is 4.98 Å². The Kier molecular flexibility index (Phi) is 7.39. The number of piperidine rings is 1. The highest BCUT2D eigenvalue weighted by Crippen LogP contribution is 2.33. The Hall–Kier alpha value is -3.55. The van der Waals surface area contributed by atoms with Crippen molar-refractivity contribution in [3.05, 3.63) is 100 Å². The van der Waals surface area contributed by atoms with Gasteiger partial charge in [-0.05, 0) is 47.2 Å². The molecule has 2 unspecified atom stereocenters. The van der Waals surface area contributed by atoms with Crippen LogP contribution in [0.1, 0.15) is 46.9 Å². The summed E-state index contributed by atoms with van der Waals surface area (Å²) in [6.45, 7) is 1.26. The summed E-state index contributed by atoms with van der Waals surface area (Å²) in [6.07, 6.45) is 3.61. The highest BCUT2D eigenvalue weighted by Gasteiger charge is 2.35. The molecule has 5 rings (SSSR count). The molecular formula is C29H30N4O2S. The highest BCUT2D eigenvalue weighted by atomic mass is 32.1. The number of aliphatic hydroxyl groups is 1. The van der Waals surface area contributed by atoms with E-state index in [0.29, 0.717) is 30.3 Å². The molecule has 2 aromatic carbocycles. The molecule has 36 heavy (non-hydrogen) atoms. The first-order chi connectivity index (χ1) is 17.6. The second-order valence-corrected chi connectivity index (χ2v) is 9.98. The van der Waals surface area contributed by atoms with Crippen molar-refractivity contribution in [1.29, 1.82) is 0 Å². The van der Waals surface area contributed by atoms with Crippen molar-refractivity contribution in [3.8, 4) is 11.3 Å². The fourth-order valence-electron chi connectivity index (χ4n) is 4.81. The van der Waals surface area contributed by atoms with Crippen LogP contribution in [0.3, 0.4) is 0 Å². The predicted octanol–water partition coefficient (Wildman–Crippen LogP) is 5.57. The lowest BCUT2D eigenvalue weighted by atomic mass is 9.93. The minimum Gasteiger partial charge on any atom is -0.386 e. The Labute approximate surface area is 215 Å². The molecule has 1 saturated heterocycles. The van der Waals surface area contributed by atoms with E-state index in [2.05, 4.69) is 17.1 Å². The zero-order valence-electron chi connectivity index (χ0n) is 20.3. The van der Waals surface area contributed by atoms with Crippen LogP contribution in [0.25, 0.3) is 11.3 Å². The third-order valence-electron chi connectivity index (χ3n) is 6.72. The van der Waals surface area contributed by atoms with E-state index in [9.17, 15) is 9.90 Å². The quantitative estimate of drug-likeness (QED) is 0.361. The van der Waals surface area contributed by atoms with Crippen molar-refractivity contribution in [2.45, 2.75) is 38.0 Å². The third-order valence-corrected chi connectivity index (χ3v) is 7.42. The van der Waals surface area contributed by atoms with Gasteiger partial charge in [0.15, 0.2) is 0 Å². The van der Waals surface area contributed by atoms with Crippen LogP contribution in [0.2, 0.25) is 0 Å². The van der Waals surface area contributed by atoms with E-state index >= 15 is 0 Å². The number of amides is 1. The highest BCUT2D eigenvalue weighted by molar-refractivity contribution is 7.07. The van der Waals surface area contributed by atoms with Gasteiger partial charge < -0.3 is 14.9 Å². The van der Waals surface area contributed by atoms with Gasteiger partial charge in [-0.15, -0.1) is 0 Å². The second-order valence-electron chi connectivity index (χ2n) is 9.20. The zero-order chi connectivity index (χ0) is 24.9. The molecule has 1 aliphatic rings. The first-order valence-corrected chi connectivity index (χ1v) is 13.2. The monoisotopic (exact) mass is 498 g/mol. The first kappa shape index (κ1) is 24.2. The van der Waals surface area contributed by atoms with Crippen LogP contribution < -0.4 is 4.90 Å². The summed E-state index contributed by atoms with van der Waals surface area (Å²) in [5, 5.41) is 15.0. The van der Waals surface area contributed by atoms with E-state index in [-0.39, 0.29) is 11.9 Å². The van der Waals surface area contributed by atoms with Crippen molar-refractivity contribution >= 4 is 23.2 Å². The maximum absolute atomic E-state index is 14.0. The summed E-state index contributed by atoms with van der Waals surface area (Å²) in [5.41, 5.74) is 3.96. The number of hydrogen-bond donors (Lipinski definition) is 1. The molecule has 0 radical (unpaired) electrons. The number of nitrogens with zero attached hydrogens (tertiary/aromatic N) is 4. The van der Waals surface area contributed by atoms with E-state index in [1.165, 1.54) is 0 Å². The minimum absolute atomic E-state index is 0.134. The number of anilines is 1. The Morgan fingerprint density at radius 3 is 2.58 bits per heavy atom. The molecule has 0 spiro atoms. The molecular weight excluding hydrogens is 468 g/mol. The number of carbonyl (C=O) groups excluding carboxylic acids is 1. The van der Waals surface area contributed by atoms with Gasteiger partial charge in [0.05, 0.1) is 17.3 Å². The Morgan fingerprint density at radius 1 is 1.11 bits per heavy atom. The molecule has 184 valence electrons. The molecule has 0 saturated carbocycles. The standard InChI is InChI=1S/C29H30N4O2S/c1-32(19-21-10-4-2-5-11-21)29-30-18-24(26(31-29)22-12-6-3-7-13-22)28(35)33-16-9-8-14-25(33)27(34)23-15-17-36-20-23/h2-7,10-13,15,17-18,20,25,27,34H,8-9,14,16,19H2,1H3. The lowest BCUT2D eigenvalue weighted by Crippen LogP contribution is -2.47. The number of hydrogen-bond acceptors (Lipinski definition) is 6. The van der Waals surface area contributed by atoms with E-state index < -0.39 is 6.10 Å². The molecule has 7 heteroatoms. The topological polar surface area (TPSA) is 69.6 Å². The van der Waals surface area contributed by atoms with Gasteiger partial charge in [-0.2, -0.15) is 11.3 Å². The van der Waals surface area contributed by atoms with Crippen LogP contribution >= 0.6 is 11.3 Å². The fourth-order valence-corrected chi connectivity index (χ4v) is 5.50. The maximum Gasteiger partial charge on any atom is 0.258 e. The number of aliphatic hydroxyl groups excluding tert-OH is 1. The van der Waals surface area contributed by atoms with E-state index in [1.54, 1.807) is 17.5 Å². The molecule has 1 N–H and O–H groups in total. The van der Waals surface area contributed by atoms with Crippen molar-refractivity contribution in [2.75, 3.05) is 18.5 Å². The predicted molar refractivity (Wildman–Crippen MR) is 144 cm³/mol. The number of carbonyl (C=O) groups is 1. The lowest BCUT2D eigenvalue weighted by Gasteiger charge is -2.38. The van der Waals surface area contributed by atoms with Gasteiger partial charge in [-0.25, -0.2) is 9.97 Å². The average molecular weight is 499 g/mol. The van der Waals surface area contributed by atoms with Crippen LogP contribution in [0.15, 0.2) is 83.7 Å². The van der Waals surface area contributed by atoms with Crippen molar-refractivity contribution in [1.82, 2.24) is 14.9 Å². The summed E-state index contributed by atoms with van der Waals surface area (Å²) >= 11 is 1.55. The average Bonchev–Trinajstić information content (AvgIpc) is 3.48. The van der Waals surface area contributed by atoms with Gasteiger partial charge in [0.1, 0.15) is 6.10 Å². The van der Waals surface area contributed by atoms with Crippen LogP contribution in [0, 0.1) is 0 Å². The Bertz CT molecular complexity index is 1280. The molecule has 1 aliphatic heterocycles. The molecule has 6 nitrogen and oxygen atoms in total. The van der Waals surface area contributed by atoms with Gasteiger partial charge in [0.25, 0.3) is 5.91 Å². The smallest absolute Gasteiger partial charge is 0.258 e. The van der Waals surface area contributed by atoms with Gasteiger partial charge in [0, 0.05) is 31.9 Å². The molecule has 3 heterocycles. The largest absolute Gasteiger partial charge is 0.386 e. The third kappa shape index (κ3) is 5.17. The summed E-state index contributed by atoms with van der Waals surface area (Å²) in [6, 6.07) is 21.6. The SMILES string of the molecule is CN(Cc1ccccc1)c1ncc(C(=O)N2CCCCC2C(O)c2ccsc2)c(-c2ccccc2)n1. The maximum atomic E-state index is 14.0. The normalized spacial score (nSPS) is 16.5. The van der Waals surface area contributed by atoms with Crippen molar-refractivity contribution in [3.63, 3.8) is 0 Å². The molecule has 2 aromatic heterocycles. The van der Waals surface area contributed by atoms with E-state index in [1.807, 2.05) is 82.2 Å². The first-order valence-electron chi connectivity index (χ1n) is 12.3. The van der Waals surface area contributed by atoms with Crippen LogP contribution in [0.5, 0.6) is 0 Å². The lowest BCUT2D eigenvalue weighted by molar-refractivity contribution is 0.0213. The van der Waals surface area contributed by atoms with Gasteiger partial charge in [0.2, 0.25) is 5.95 Å². The molecule has 1 fully saturated rings. The summed E-state index contributed by atoms with van der Waals surface area (Å²) < 4.78 is 0. The van der Waals surface area contributed by atoms with Crippen LogP contribution in [-0.2, 0) is 6.54 Å². The van der Waals surface area contributed by atoms with Crippen LogP contribution in [0.4, 0.5) is 5.95 Å². The number of rotatable bonds is 7. The number of aromatic nitrogens is 2. The fraction of sp³-hybridized carbons (Fsp3) is 0.276. The van der Waals surface area contributed by atoms with Crippen molar-refractivity contribution < 1.29 is 9.90 Å². The molecule has 1 amide bonds. The minimum atomic E-state index is -0.710. The Balaban J connectivity index is 1.49. The van der Waals surface area contributed by atoms with Crippen LogP contribution in [-0.4, -0.2) is 45.5 Å². The number of likely N-dealkylation sites (tertiary alicyclic amines) is 1. The molecule has 2 atom stereocenters. The number of thiophene rings is 1. The Morgan fingerprint density at radius 2 is 1.86 bits per heavy atom.